The second-order valence-electron chi connectivity index (χ2n) is 5.82. The predicted octanol–water partition coefficient (Wildman–Crippen LogP) is 2.38. The highest BCUT2D eigenvalue weighted by molar-refractivity contribution is 5.93. The molecule has 0 atom stereocenters. The van der Waals surface area contributed by atoms with Crippen molar-refractivity contribution in [3.63, 3.8) is 0 Å². The first-order chi connectivity index (χ1) is 8.48. The molecule has 0 spiro atoms. The average Bonchev–Trinajstić information content (AvgIpc) is 2.50. The third-order valence-corrected chi connectivity index (χ3v) is 3.73. The van der Waals surface area contributed by atoms with Crippen LogP contribution in [0.5, 0.6) is 0 Å². The van der Waals surface area contributed by atoms with E-state index in [0.717, 1.165) is 18.8 Å². The van der Waals surface area contributed by atoms with E-state index < -0.39 is 0 Å². The minimum absolute atomic E-state index is 0.0264. The third kappa shape index (κ3) is 3.00. The molecule has 0 saturated carbocycles. The van der Waals surface area contributed by atoms with Gasteiger partial charge in [0.1, 0.15) is 11.5 Å². The molecule has 98 valence electrons. The second kappa shape index (κ2) is 4.96. The van der Waals surface area contributed by atoms with Crippen LogP contribution in [-0.4, -0.2) is 23.9 Å². The Hall–Kier alpha value is -1.58. The molecular formula is C14H22N4. The Labute approximate surface area is 109 Å². The van der Waals surface area contributed by atoms with Gasteiger partial charge >= 0.3 is 0 Å². The second-order valence-corrected chi connectivity index (χ2v) is 5.82. The zero-order chi connectivity index (χ0) is 13.2. The Kier molecular flexibility index (Phi) is 3.55. The molecule has 0 unspecified atom stereocenters. The van der Waals surface area contributed by atoms with Gasteiger partial charge in [-0.25, -0.2) is 0 Å². The molecule has 0 aromatic carbocycles. The number of hydrogen-bond donors (Lipinski definition) is 2. The molecule has 4 heteroatoms. The smallest absolute Gasteiger partial charge is 0.141 e. The van der Waals surface area contributed by atoms with Crippen LogP contribution < -0.4 is 10.6 Å². The number of nitrogen functional groups attached to an aromatic ring is 1. The Balaban J connectivity index is 2.09. The molecule has 0 aliphatic carbocycles. The van der Waals surface area contributed by atoms with Gasteiger partial charge in [-0.3, -0.25) is 10.4 Å². The topological polar surface area (TPSA) is 66.0 Å². The van der Waals surface area contributed by atoms with Crippen molar-refractivity contribution < 1.29 is 0 Å². The van der Waals surface area contributed by atoms with E-state index in [9.17, 15) is 0 Å². The van der Waals surface area contributed by atoms with Gasteiger partial charge in [0.25, 0.3) is 0 Å². The monoisotopic (exact) mass is 246 g/mol. The molecule has 2 heterocycles. The number of nitrogens with two attached hydrogens (primary N) is 1. The molecule has 1 aromatic heterocycles. The van der Waals surface area contributed by atoms with Crippen molar-refractivity contribution in [3.8, 4) is 0 Å². The molecule has 1 aromatic rings. The SMILES string of the molecule is CC1(C)CCCN(c2ccc(C(=N)N)nc2)CC1. The summed E-state index contributed by atoms with van der Waals surface area (Å²) in [5, 5.41) is 7.34. The summed E-state index contributed by atoms with van der Waals surface area (Å²) >= 11 is 0. The number of amidine groups is 1. The average molecular weight is 246 g/mol. The summed E-state index contributed by atoms with van der Waals surface area (Å²) in [6, 6.07) is 3.84. The summed E-state index contributed by atoms with van der Waals surface area (Å²) < 4.78 is 0. The lowest BCUT2D eigenvalue weighted by molar-refractivity contribution is 0.325. The van der Waals surface area contributed by atoms with E-state index in [-0.39, 0.29) is 5.84 Å². The number of anilines is 1. The van der Waals surface area contributed by atoms with Crippen molar-refractivity contribution in [2.24, 2.45) is 11.1 Å². The summed E-state index contributed by atoms with van der Waals surface area (Å²) in [6.45, 7) is 6.85. The van der Waals surface area contributed by atoms with Crippen LogP contribution in [0.15, 0.2) is 18.3 Å². The van der Waals surface area contributed by atoms with Gasteiger partial charge in [-0.15, -0.1) is 0 Å². The van der Waals surface area contributed by atoms with Crippen LogP contribution in [0.1, 0.15) is 38.8 Å². The molecule has 1 saturated heterocycles. The standard InChI is InChI=1S/C14H22N4/c1-14(2)6-3-8-18(9-7-14)11-4-5-12(13(15)16)17-10-11/h4-5,10H,3,6-9H2,1-2H3,(H3,15,16). The fraction of sp³-hybridized carbons (Fsp3) is 0.571. The van der Waals surface area contributed by atoms with Gasteiger partial charge in [0, 0.05) is 13.1 Å². The van der Waals surface area contributed by atoms with Crippen molar-refractivity contribution in [2.75, 3.05) is 18.0 Å². The Morgan fingerprint density at radius 3 is 2.72 bits per heavy atom. The van der Waals surface area contributed by atoms with Gasteiger partial charge < -0.3 is 10.6 Å². The van der Waals surface area contributed by atoms with E-state index in [1.54, 1.807) is 0 Å². The normalized spacial score (nSPS) is 19.3. The van der Waals surface area contributed by atoms with Crippen molar-refractivity contribution >= 4 is 11.5 Å². The van der Waals surface area contributed by atoms with E-state index in [4.69, 9.17) is 11.1 Å². The van der Waals surface area contributed by atoms with Crippen LogP contribution in [0.25, 0.3) is 0 Å². The van der Waals surface area contributed by atoms with Crippen LogP contribution in [-0.2, 0) is 0 Å². The van der Waals surface area contributed by atoms with Gasteiger partial charge in [-0.05, 0) is 36.8 Å². The molecule has 4 nitrogen and oxygen atoms in total. The molecule has 2 rings (SSSR count). The first kappa shape index (κ1) is 12.9. The first-order valence-corrected chi connectivity index (χ1v) is 6.53. The van der Waals surface area contributed by atoms with Crippen LogP contribution in [0, 0.1) is 10.8 Å². The van der Waals surface area contributed by atoms with Crippen molar-refractivity contribution in [2.45, 2.75) is 33.1 Å². The number of pyridine rings is 1. The van der Waals surface area contributed by atoms with Crippen molar-refractivity contribution in [3.05, 3.63) is 24.0 Å². The van der Waals surface area contributed by atoms with Crippen LogP contribution in [0.3, 0.4) is 0 Å². The van der Waals surface area contributed by atoms with Gasteiger partial charge in [0.05, 0.1) is 11.9 Å². The van der Waals surface area contributed by atoms with E-state index in [1.807, 2.05) is 18.3 Å². The van der Waals surface area contributed by atoms with Crippen LogP contribution in [0.2, 0.25) is 0 Å². The van der Waals surface area contributed by atoms with E-state index in [0.29, 0.717) is 11.1 Å². The van der Waals surface area contributed by atoms with E-state index >= 15 is 0 Å². The molecule has 18 heavy (non-hydrogen) atoms. The number of nitrogens with zero attached hydrogens (tertiary/aromatic N) is 2. The Bertz CT molecular complexity index is 422. The Morgan fingerprint density at radius 2 is 2.11 bits per heavy atom. The zero-order valence-corrected chi connectivity index (χ0v) is 11.2. The fourth-order valence-corrected chi connectivity index (χ4v) is 2.41. The molecule has 1 fully saturated rings. The quantitative estimate of drug-likeness (QED) is 0.622. The number of aromatic nitrogens is 1. The fourth-order valence-electron chi connectivity index (χ4n) is 2.41. The molecule has 0 bridgehead atoms. The van der Waals surface area contributed by atoms with E-state index in [2.05, 4.69) is 23.7 Å². The minimum Gasteiger partial charge on any atom is -0.382 e. The lowest BCUT2D eigenvalue weighted by Gasteiger charge is -2.24. The number of hydrogen-bond acceptors (Lipinski definition) is 3. The maximum absolute atomic E-state index is 7.34. The molecule has 0 amide bonds. The molecular weight excluding hydrogens is 224 g/mol. The minimum atomic E-state index is 0.0264. The molecule has 3 N–H and O–H groups in total. The van der Waals surface area contributed by atoms with Crippen LogP contribution >= 0.6 is 0 Å². The first-order valence-electron chi connectivity index (χ1n) is 6.53. The van der Waals surface area contributed by atoms with Gasteiger partial charge in [-0.2, -0.15) is 0 Å². The lowest BCUT2D eigenvalue weighted by Crippen LogP contribution is -2.25. The summed E-state index contributed by atoms with van der Waals surface area (Å²) in [7, 11) is 0. The number of nitrogens with one attached hydrogen (secondary N) is 1. The summed E-state index contributed by atoms with van der Waals surface area (Å²) in [5.41, 5.74) is 7.54. The Morgan fingerprint density at radius 1 is 1.33 bits per heavy atom. The maximum Gasteiger partial charge on any atom is 0.141 e. The highest BCUT2D eigenvalue weighted by Crippen LogP contribution is 2.31. The van der Waals surface area contributed by atoms with Crippen molar-refractivity contribution in [1.29, 1.82) is 5.41 Å². The third-order valence-electron chi connectivity index (χ3n) is 3.73. The highest BCUT2D eigenvalue weighted by Gasteiger charge is 2.23. The van der Waals surface area contributed by atoms with E-state index in [1.165, 1.54) is 19.3 Å². The molecule has 1 aliphatic heterocycles. The predicted molar refractivity (Wildman–Crippen MR) is 75.1 cm³/mol. The lowest BCUT2D eigenvalue weighted by atomic mass is 9.85. The van der Waals surface area contributed by atoms with Gasteiger partial charge in [-0.1, -0.05) is 13.8 Å². The zero-order valence-electron chi connectivity index (χ0n) is 11.2. The van der Waals surface area contributed by atoms with Gasteiger partial charge in [0.2, 0.25) is 0 Å². The molecule has 1 aliphatic rings. The van der Waals surface area contributed by atoms with Gasteiger partial charge in [0.15, 0.2) is 0 Å². The summed E-state index contributed by atoms with van der Waals surface area (Å²) in [4.78, 5) is 6.61. The number of rotatable bonds is 2. The molecule has 0 radical (unpaired) electrons. The highest BCUT2D eigenvalue weighted by atomic mass is 15.1. The maximum atomic E-state index is 7.34. The van der Waals surface area contributed by atoms with Crippen molar-refractivity contribution in [1.82, 2.24) is 4.98 Å². The summed E-state index contributed by atoms with van der Waals surface area (Å²) in [6.07, 6.45) is 5.54. The largest absolute Gasteiger partial charge is 0.382 e. The van der Waals surface area contributed by atoms with Crippen LogP contribution in [0.4, 0.5) is 5.69 Å². The summed E-state index contributed by atoms with van der Waals surface area (Å²) in [5.74, 6) is 0.0264.